The Bertz CT molecular complexity index is 744. The first kappa shape index (κ1) is 17.9. The number of rotatable bonds is 5. The Labute approximate surface area is 144 Å². The number of hydrogen-bond acceptors (Lipinski definition) is 3. The molecule has 2 rings (SSSR count). The van der Waals surface area contributed by atoms with Gasteiger partial charge < -0.3 is 10.1 Å². The van der Waals surface area contributed by atoms with Gasteiger partial charge in [-0.1, -0.05) is 37.6 Å². The summed E-state index contributed by atoms with van der Waals surface area (Å²) in [5, 5.41) is 2.54. The SMILES string of the molecule is CC(C)c1ccc(C(=O)OCC(=O)Nc2ccc(Cl)cc2F)cc1. The molecule has 0 saturated heterocycles. The number of carbonyl (C=O) groups is 2. The molecule has 2 aromatic rings. The summed E-state index contributed by atoms with van der Waals surface area (Å²) in [5.74, 6) is -1.55. The monoisotopic (exact) mass is 349 g/mol. The highest BCUT2D eigenvalue weighted by Gasteiger charge is 2.12. The van der Waals surface area contributed by atoms with Crippen molar-refractivity contribution in [2.75, 3.05) is 11.9 Å². The van der Waals surface area contributed by atoms with Crippen molar-refractivity contribution in [1.82, 2.24) is 0 Å². The van der Waals surface area contributed by atoms with Gasteiger partial charge in [-0.05, 0) is 41.8 Å². The lowest BCUT2D eigenvalue weighted by Gasteiger charge is -2.09. The molecule has 0 atom stereocenters. The molecule has 126 valence electrons. The number of anilines is 1. The molecule has 2 aromatic carbocycles. The van der Waals surface area contributed by atoms with Crippen LogP contribution in [0, 0.1) is 5.82 Å². The molecule has 0 aliphatic carbocycles. The Balaban J connectivity index is 1.90. The number of benzene rings is 2. The highest BCUT2D eigenvalue weighted by molar-refractivity contribution is 6.30. The molecule has 0 spiro atoms. The number of amides is 1. The van der Waals surface area contributed by atoms with Crippen LogP contribution in [0.15, 0.2) is 42.5 Å². The van der Waals surface area contributed by atoms with Gasteiger partial charge in [0.05, 0.1) is 11.3 Å². The van der Waals surface area contributed by atoms with Crippen molar-refractivity contribution >= 4 is 29.2 Å². The molecule has 1 N–H and O–H groups in total. The van der Waals surface area contributed by atoms with Gasteiger partial charge in [-0.25, -0.2) is 9.18 Å². The zero-order valence-corrected chi connectivity index (χ0v) is 14.1. The third-order valence-corrected chi connectivity index (χ3v) is 3.59. The molecule has 0 aliphatic heterocycles. The van der Waals surface area contributed by atoms with Crippen LogP contribution in [-0.2, 0) is 9.53 Å². The maximum absolute atomic E-state index is 13.6. The minimum Gasteiger partial charge on any atom is -0.452 e. The van der Waals surface area contributed by atoms with Crippen LogP contribution in [0.2, 0.25) is 5.02 Å². The molecule has 0 aliphatic rings. The topological polar surface area (TPSA) is 55.4 Å². The molecule has 0 bridgehead atoms. The predicted molar refractivity (Wildman–Crippen MR) is 90.9 cm³/mol. The van der Waals surface area contributed by atoms with Gasteiger partial charge in [0.15, 0.2) is 6.61 Å². The van der Waals surface area contributed by atoms with Crippen molar-refractivity contribution in [3.8, 4) is 0 Å². The average Bonchev–Trinajstić information content (AvgIpc) is 2.55. The summed E-state index contributed by atoms with van der Waals surface area (Å²) in [6, 6.07) is 10.8. The van der Waals surface area contributed by atoms with Gasteiger partial charge >= 0.3 is 5.97 Å². The first-order valence-corrected chi connectivity index (χ1v) is 7.76. The summed E-state index contributed by atoms with van der Waals surface area (Å²) in [7, 11) is 0. The zero-order chi connectivity index (χ0) is 17.7. The Morgan fingerprint density at radius 1 is 1.17 bits per heavy atom. The first-order chi connectivity index (χ1) is 11.4. The van der Waals surface area contributed by atoms with Gasteiger partial charge in [0.1, 0.15) is 5.82 Å². The van der Waals surface area contributed by atoms with Crippen LogP contribution in [0.25, 0.3) is 0 Å². The molecular weight excluding hydrogens is 333 g/mol. The molecule has 0 fully saturated rings. The summed E-state index contributed by atoms with van der Waals surface area (Å²) in [6.45, 7) is 3.59. The number of ether oxygens (including phenoxy) is 1. The maximum Gasteiger partial charge on any atom is 0.338 e. The van der Waals surface area contributed by atoms with Gasteiger partial charge in [-0.2, -0.15) is 0 Å². The van der Waals surface area contributed by atoms with E-state index in [9.17, 15) is 14.0 Å². The van der Waals surface area contributed by atoms with E-state index in [2.05, 4.69) is 5.32 Å². The minimum atomic E-state index is -0.661. The first-order valence-electron chi connectivity index (χ1n) is 7.39. The molecule has 6 heteroatoms. The highest BCUT2D eigenvalue weighted by atomic mass is 35.5. The number of halogens is 2. The summed E-state index contributed by atoms with van der Waals surface area (Å²) < 4.78 is 18.5. The second-order valence-corrected chi connectivity index (χ2v) is 5.96. The summed E-state index contributed by atoms with van der Waals surface area (Å²) in [4.78, 5) is 23.6. The molecular formula is C18H17ClFNO3. The molecule has 24 heavy (non-hydrogen) atoms. The fourth-order valence-corrected chi connectivity index (χ4v) is 2.15. The molecule has 0 heterocycles. The Morgan fingerprint density at radius 3 is 2.42 bits per heavy atom. The van der Waals surface area contributed by atoms with Gasteiger partial charge in [0.25, 0.3) is 5.91 Å². The van der Waals surface area contributed by atoms with Gasteiger partial charge in [-0.3, -0.25) is 4.79 Å². The molecule has 1 amide bonds. The predicted octanol–water partition coefficient (Wildman–Crippen LogP) is 4.40. The Kier molecular flexibility index (Phi) is 5.93. The van der Waals surface area contributed by atoms with Crippen LogP contribution in [0.5, 0.6) is 0 Å². The second-order valence-electron chi connectivity index (χ2n) is 5.53. The summed E-state index contributed by atoms with van der Waals surface area (Å²) in [6.07, 6.45) is 0. The van der Waals surface area contributed by atoms with E-state index in [1.165, 1.54) is 12.1 Å². The fraction of sp³-hybridized carbons (Fsp3) is 0.222. The quantitative estimate of drug-likeness (QED) is 0.814. The standard InChI is InChI=1S/C18H17ClFNO3/c1-11(2)12-3-5-13(6-4-12)18(23)24-10-17(22)21-16-8-7-14(19)9-15(16)20/h3-9,11H,10H2,1-2H3,(H,21,22). The van der Waals surface area contributed by atoms with Crippen LogP contribution < -0.4 is 5.32 Å². The smallest absolute Gasteiger partial charge is 0.338 e. The van der Waals surface area contributed by atoms with E-state index >= 15 is 0 Å². The van der Waals surface area contributed by atoms with Crippen LogP contribution in [0.3, 0.4) is 0 Å². The van der Waals surface area contributed by atoms with Crippen LogP contribution >= 0.6 is 11.6 Å². The fourth-order valence-electron chi connectivity index (χ4n) is 2.00. The zero-order valence-electron chi connectivity index (χ0n) is 13.3. The van der Waals surface area contributed by atoms with Crippen molar-refractivity contribution < 1.29 is 18.7 Å². The Morgan fingerprint density at radius 2 is 1.83 bits per heavy atom. The van der Waals surface area contributed by atoms with Crippen LogP contribution in [-0.4, -0.2) is 18.5 Å². The number of nitrogens with one attached hydrogen (secondary N) is 1. The molecule has 0 radical (unpaired) electrons. The van der Waals surface area contributed by atoms with E-state index < -0.39 is 24.3 Å². The number of carbonyl (C=O) groups excluding carboxylic acids is 2. The minimum absolute atomic E-state index is 0.0262. The normalized spacial score (nSPS) is 10.5. The maximum atomic E-state index is 13.6. The summed E-state index contributed by atoms with van der Waals surface area (Å²) in [5.41, 5.74) is 1.43. The van der Waals surface area contributed by atoms with Gasteiger partial charge in [-0.15, -0.1) is 0 Å². The van der Waals surface area contributed by atoms with Crippen molar-refractivity contribution in [3.05, 3.63) is 64.4 Å². The van der Waals surface area contributed by atoms with Gasteiger partial charge in [0.2, 0.25) is 0 Å². The van der Waals surface area contributed by atoms with Crippen molar-refractivity contribution in [2.24, 2.45) is 0 Å². The Hall–Kier alpha value is -2.40. The lowest BCUT2D eigenvalue weighted by atomic mass is 10.0. The summed E-state index contributed by atoms with van der Waals surface area (Å²) >= 11 is 5.63. The van der Waals surface area contributed by atoms with Crippen LogP contribution in [0.4, 0.5) is 10.1 Å². The molecule has 4 nitrogen and oxygen atoms in total. The average molecular weight is 350 g/mol. The van der Waals surface area contributed by atoms with Crippen molar-refractivity contribution in [1.29, 1.82) is 0 Å². The second kappa shape index (κ2) is 7.93. The highest BCUT2D eigenvalue weighted by Crippen LogP contribution is 2.19. The van der Waals surface area contributed by atoms with E-state index in [0.717, 1.165) is 11.6 Å². The largest absolute Gasteiger partial charge is 0.452 e. The molecule has 0 unspecified atom stereocenters. The molecule has 0 saturated carbocycles. The third-order valence-electron chi connectivity index (χ3n) is 3.35. The van der Waals surface area contributed by atoms with E-state index in [4.69, 9.17) is 16.3 Å². The van der Waals surface area contributed by atoms with Crippen molar-refractivity contribution in [3.63, 3.8) is 0 Å². The van der Waals surface area contributed by atoms with E-state index in [-0.39, 0.29) is 10.7 Å². The lowest BCUT2D eigenvalue weighted by molar-refractivity contribution is -0.119. The lowest BCUT2D eigenvalue weighted by Crippen LogP contribution is -2.21. The van der Waals surface area contributed by atoms with E-state index in [0.29, 0.717) is 11.5 Å². The number of esters is 1. The third kappa shape index (κ3) is 4.80. The van der Waals surface area contributed by atoms with Crippen molar-refractivity contribution in [2.45, 2.75) is 19.8 Å². The number of hydrogen-bond donors (Lipinski definition) is 1. The van der Waals surface area contributed by atoms with E-state index in [1.807, 2.05) is 26.0 Å². The van der Waals surface area contributed by atoms with Gasteiger partial charge in [0, 0.05) is 5.02 Å². The molecule has 0 aromatic heterocycles. The van der Waals surface area contributed by atoms with Crippen LogP contribution in [0.1, 0.15) is 35.7 Å². The van der Waals surface area contributed by atoms with E-state index in [1.54, 1.807) is 12.1 Å².